The van der Waals surface area contributed by atoms with E-state index < -0.39 is 37.1 Å². The lowest BCUT2D eigenvalue weighted by molar-refractivity contribution is -0.370. The zero-order chi connectivity index (χ0) is 28.6. The molecule has 3 fully saturated rings. The average Bonchev–Trinajstić information content (AvgIpc) is 3.22. The first kappa shape index (κ1) is 31.5. The van der Waals surface area contributed by atoms with E-state index in [1.165, 1.54) is 0 Å². The van der Waals surface area contributed by atoms with Gasteiger partial charge in [-0.25, -0.2) is 4.89 Å². The zero-order valence-corrected chi connectivity index (χ0v) is 26.2. The van der Waals surface area contributed by atoms with E-state index in [1.807, 2.05) is 6.92 Å². The molecule has 0 bridgehead atoms. The first-order chi connectivity index (χ1) is 17.3. The van der Waals surface area contributed by atoms with E-state index in [-0.39, 0.29) is 36.1 Å². The molecule has 2 heterocycles. The van der Waals surface area contributed by atoms with Gasteiger partial charge in [-0.05, 0) is 52.9 Å². The van der Waals surface area contributed by atoms with Crippen LogP contribution in [0.2, 0.25) is 19.6 Å². The van der Waals surface area contributed by atoms with Crippen molar-refractivity contribution in [1.29, 1.82) is 0 Å². The van der Waals surface area contributed by atoms with E-state index in [2.05, 4.69) is 45.7 Å². The van der Waals surface area contributed by atoms with Crippen LogP contribution in [-0.4, -0.2) is 62.8 Å². The lowest BCUT2D eigenvalue weighted by Crippen LogP contribution is -2.55. The highest BCUT2D eigenvalue weighted by Gasteiger charge is 2.60. The summed E-state index contributed by atoms with van der Waals surface area (Å²) in [6, 6.07) is 0. The summed E-state index contributed by atoms with van der Waals surface area (Å²) in [6.07, 6.45) is 3.30. The maximum atomic E-state index is 13.0. The van der Waals surface area contributed by atoms with Crippen LogP contribution in [0, 0.1) is 23.2 Å². The summed E-state index contributed by atoms with van der Waals surface area (Å²) in [5.41, 5.74) is -0.613. The zero-order valence-electron chi connectivity index (χ0n) is 25.2. The molecule has 9 nitrogen and oxygen atoms in total. The lowest BCUT2D eigenvalue weighted by Gasteiger charge is -2.48. The van der Waals surface area contributed by atoms with Crippen molar-refractivity contribution < 1.29 is 38.3 Å². The molecule has 1 spiro atoms. The minimum atomic E-state index is -1.87. The molecule has 220 valence electrons. The summed E-state index contributed by atoms with van der Waals surface area (Å²) in [7, 11) is -1.87. The molecule has 1 aliphatic carbocycles. The van der Waals surface area contributed by atoms with Crippen molar-refractivity contribution in [3.63, 3.8) is 0 Å². The van der Waals surface area contributed by atoms with Crippen molar-refractivity contribution in [3.05, 3.63) is 0 Å². The third kappa shape index (κ3) is 8.01. The fraction of sp³-hybridized carbons (Fsp3) is 0.929. The quantitative estimate of drug-likeness (QED) is 0.254. The van der Waals surface area contributed by atoms with E-state index in [4.69, 9.17) is 28.7 Å². The average molecular weight is 558 g/mol. The molecule has 1 saturated carbocycles. The fourth-order valence-electron chi connectivity index (χ4n) is 5.44. The predicted molar refractivity (Wildman–Crippen MR) is 145 cm³/mol. The lowest BCUT2D eigenvalue weighted by atomic mass is 9.67. The Bertz CT molecular complexity index is 841. The Morgan fingerprint density at radius 3 is 2.24 bits per heavy atom. The Morgan fingerprint density at radius 1 is 1.05 bits per heavy atom. The highest BCUT2D eigenvalue weighted by atomic mass is 28.3. The van der Waals surface area contributed by atoms with E-state index in [1.54, 1.807) is 20.8 Å². The van der Waals surface area contributed by atoms with Gasteiger partial charge in [0.05, 0.1) is 13.2 Å². The number of hydrogen-bond donors (Lipinski definition) is 1. The monoisotopic (exact) mass is 557 g/mol. The second kappa shape index (κ2) is 11.4. The Labute approximate surface area is 229 Å². The maximum Gasteiger partial charge on any atom is 0.325 e. The number of rotatable bonds is 8. The third-order valence-electron chi connectivity index (χ3n) is 7.73. The normalized spacial score (nSPS) is 33.2. The van der Waals surface area contributed by atoms with Crippen LogP contribution in [-0.2, 0) is 38.3 Å². The van der Waals surface area contributed by atoms with E-state index in [9.17, 15) is 9.59 Å². The van der Waals surface area contributed by atoms with Crippen LogP contribution in [0.5, 0.6) is 0 Å². The van der Waals surface area contributed by atoms with Gasteiger partial charge in [-0.1, -0.05) is 40.4 Å². The molecular weight excluding hydrogens is 506 g/mol. The Hall–Kier alpha value is -1.04. The van der Waals surface area contributed by atoms with Gasteiger partial charge in [-0.2, -0.15) is 4.89 Å². The summed E-state index contributed by atoms with van der Waals surface area (Å²) in [5, 5.41) is 2.73. The molecule has 1 N–H and O–H groups in total. The number of hydrogen-bond acceptors (Lipinski definition) is 8. The topological polar surface area (TPSA) is 102 Å². The highest BCUT2D eigenvalue weighted by molar-refractivity contribution is 6.77. The predicted octanol–water partition coefficient (Wildman–Crippen LogP) is 4.94. The number of amides is 1. The Morgan fingerprint density at radius 2 is 1.68 bits per heavy atom. The summed E-state index contributed by atoms with van der Waals surface area (Å²) >= 11 is 0. The molecule has 1 amide bonds. The van der Waals surface area contributed by atoms with E-state index in [0.717, 1.165) is 19.3 Å². The maximum absolute atomic E-state index is 13.0. The molecule has 38 heavy (non-hydrogen) atoms. The third-order valence-corrected chi connectivity index (χ3v) is 9.36. The first-order valence-electron chi connectivity index (χ1n) is 14.1. The Kier molecular flexibility index (Phi) is 9.48. The minimum absolute atomic E-state index is 0.00725. The molecule has 3 aliphatic rings. The summed E-state index contributed by atoms with van der Waals surface area (Å²) < 4.78 is 24.4. The van der Waals surface area contributed by atoms with Crippen molar-refractivity contribution in [3.8, 4) is 0 Å². The van der Waals surface area contributed by atoms with Crippen LogP contribution in [0.25, 0.3) is 0 Å². The largest absolute Gasteiger partial charge is 0.459 e. The van der Waals surface area contributed by atoms with Crippen molar-refractivity contribution in [2.24, 2.45) is 23.2 Å². The summed E-state index contributed by atoms with van der Waals surface area (Å²) in [6.45, 7) is 21.5. The van der Waals surface area contributed by atoms with Crippen molar-refractivity contribution >= 4 is 20.0 Å². The van der Waals surface area contributed by atoms with Crippen molar-refractivity contribution in [1.82, 2.24) is 5.32 Å². The number of carbonyl (C=O) groups excluding carboxylic acids is 2. The fourth-order valence-corrected chi connectivity index (χ4v) is 6.32. The first-order valence-corrected chi connectivity index (χ1v) is 17.7. The van der Waals surface area contributed by atoms with Crippen LogP contribution < -0.4 is 5.32 Å². The summed E-state index contributed by atoms with van der Waals surface area (Å²) in [5.74, 6) is -2.78. The molecule has 0 aromatic heterocycles. The molecule has 2 saturated heterocycles. The Balaban J connectivity index is 1.74. The van der Waals surface area contributed by atoms with Gasteiger partial charge in [-0.15, -0.1) is 0 Å². The van der Waals surface area contributed by atoms with Crippen molar-refractivity contribution in [2.45, 2.75) is 123 Å². The van der Waals surface area contributed by atoms with Crippen LogP contribution in [0.3, 0.4) is 0 Å². The van der Waals surface area contributed by atoms with Gasteiger partial charge < -0.3 is 24.3 Å². The molecule has 3 rings (SSSR count). The second-order valence-electron chi connectivity index (χ2n) is 14.6. The molecule has 0 aromatic carbocycles. The number of ether oxygens (including phenoxy) is 4. The van der Waals surface area contributed by atoms with Crippen LogP contribution in [0.4, 0.5) is 0 Å². The van der Waals surface area contributed by atoms with Crippen LogP contribution in [0.15, 0.2) is 0 Å². The van der Waals surface area contributed by atoms with Gasteiger partial charge in [0.15, 0.2) is 11.7 Å². The standard InChI is InChI=1S/C28H51NO8Si/c1-19-11-12-20(15-22(30)29-16-23(31)34-25(2,3)4)28(35-24(36-37-28)38(8,9)10)21(19)13-14-27(7)32-17-26(5,6)18-33-27/h19-21,24H,11-18H2,1-10H3,(H,29,30)/t19-,20+,21+,24?,28?/m1/s1. The molecule has 5 atom stereocenters. The SMILES string of the molecule is C[C@@H]1CC[C@@H](CC(=O)NCC(=O)OC(C)(C)C)C2(OOC([Si](C)(C)C)O2)[C@H]1CCC1(C)OCC(C)(C)CO1. The number of carbonyl (C=O) groups is 2. The smallest absolute Gasteiger partial charge is 0.325 e. The summed E-state index contributed by atoms with van der Waals surface area (Å²) in [4.78, 5) is 37.2. The van der Waals surface area contributed by atoms with E-state index >= 15 is 0 Å². The molecular formula is C28H51NO8Si. The molecule has 10 heteroatoms. The van der Waals surface area contributed by atoms with Crippen molar-refractivity contribution in [2.75, 3.05) is 19.8 Å². The van der Waals surface area contributed by atoms with Gasteiger partial charge >= 0.3 is 5.97 Å². The number of esters is 1. The molecule has 2 aliphatic heterocycles. The molecule has 2 unspecified atom stereocenters. The van der Waals surface area contributed by atoms with Gasteiger partial charge in [0.25, 0.3) is 0 Å². The van der Waals surface area contributed by atoms with E-state index in [0.29, 0.717) is 25.6 Å². The minimum Gasteiger partial charge on any atom is -0.459 e. The van der Waals surface area contributed by atoms with Gasteiger partial charge in [0.2, 0.25) is 11.7 Å². The van der Waals surface area contributed by atoms with Crippen LogP contribution >= 0.6 is 0 Å². The molecule has 0 aromatic rings. The van der Waals surface area contributed by atoms with Gasteiger partial charge in [0, 0.05) is 30.1 Å². The number of nitrogens with one attached hydrogen (secondary N) is 1. The molecule has 0 radical (unpaired) electrons. The second-order valence-corrected chi connectivity index (χ2v) is 19.8. The highest BCUT2D eigenvalue weighted by Crippen LogP contribution is 2.53. The van der Waals surface area contributed by atoms with Crippen LogP contribution in [0.1, 0.15) is 80.6 Å². The van der Waals surface area contributed by atoms with Gasteiger partial charge in [0.1, 0.15) is 20.2 Å². The van der Waals surface area contributed by atoms with Gasteiger partial charge in [-0.3, -0.25) is 9.59 Å².